The summed E-state index contributed by atoms with van der Waals surface area (Å²) in [5, 5.41) is 2.12. The predicted molar refractivity (Wildman–Crippen MR) is 66.0 cm³/mol. The average molecular weight is 249 g/mol. The maximum atomic E-state index is 11.4. The summed E-state index contributed by atoms with van der Waals surface area (Å²) in [5.41, 5.74) is 3.26. The van der Waals surface area contributed by atoms with E-state index < -0.39 is 9.84 Å². The number of likely N-dealkylation sites (N-methyl/N-ethyl adjacent to an activating group) is 1. The second-order valence-electron chi connectivity index (χ2n) is 4.52. The van der Waals surface area contributed by atoms with Crippen LogP contribution in [0.1, 0.15) is 13.8 Å². The number of sulfone groups is 1. The Morgan fingerprint density at radius 2 is 1.81 bits per heavy atom. The van der Waals surface area contributed by atoms with Crippen molar-refractivity contribution in [2.75, 3.05) is 44.7 Å². The van der Waals surface area contributed by atoms with Gasteiger partial charge < -0.3 is 4.90 Å². The van der Waals surface area contributed by atoms with Crippen molar-refractivity contribution in [1.82, 2.24) is 15.3 Å². The lowest BCUT2D eigenvalue weighted by molar-refractivity contribution is 0.0934. The molecule has 0 aromatic carbocycles. The monoisotopic (exact) mass is 249 g/mol. The fourth-order valence-electron chi connectivity index (χ4n) is 1.78. The molecule has 0 bridgehead atoms. The first kappa shape index (κ1) is 13.9. The number of nitrogens with zero attached hydrogens (tertiary/aromatic N) is 2. The lowest BCUT2D eigenvalue weighted by atomic mass is 10.3. The highest BCUT2D eigenvalue weighted by Crippen LogP contribution is 1.99. The zero-order valence-corrected chi connectivity index (χ0v) is 11.3. The van der Waals surface area contributed by atoms with E-state index in [2.05, 4.69) is 22.4 Å². The quantitative estimate of drug-likeness (QED) is 0.716. The highest BCUT2D eigenvalue weighted by atomic mass is 32.2. The molecular formula is C10H23N3O2S. The van der Waals surface area contributed by atoms with Gasteiger partial charge in [-0.3, -0.25) is 5.43 Å². The molecule has 6 heteroatoms. The Bertz CT molecular complexity index is 297. The van der Waals surface area contributed by atoms with Gasteiger partial charge in [0.15, 0.2) is 9.84 Å². The molecule has 0 aromatic rings. The summed E-state index contributed by atoms with van der Waals surface area (Å²) >= 11 is 0. The molecule has 1 fully saturated rings. The maximum absolute atomic E-state index is 11.4. The van der Waals surface area contributed by atoms with Gasteiger partial charge in [-0.15, -0.1) is 0 Å². The molecule has 96 valence electrons. The van der Waals surface area contributed by atoms with Gasteiger partial charge in [-0.25, -0.2) is 13.4 Å². The fourth-order valence-corrected chi connectivity index (χ4v) is 2.86. The van der Waals surface area contributed by atoms with E-state index in [0.717, 1.165) is 26.2 Å². The van der Waals surface area contributed by atoms with Gasteiger partial charge in [0.25, 0.3) is 0 Å². The van der Waals surface area contributed by atoms with Gasteiger partial charge in [-0.05, 0) is 14.0 Å². The first-order valence-electron chi connectivity index (χ1n) is 5.83. The highest BCUT2D eigenvalue weighted by molar-refractivity contribution is 7.91. The van der Waals surface area contributed by atoms with Crippen molar-refractivity contribution in [2.45, 2.75) is 19.9 Å². The minimum absolute atomic E-state index is 0.00615. The molecule has 16 heavy (non-hydrogen) atoms. The highest BCUT2D eigenvalue weighted by Gasteiger charge is 2.18. The molecule has 1 unspecified atom stereocenters. The number of hydrogen-bond donors (Lipinski definition) is 1. The molecule has 0 aliphatic carbocycles. The third kappa shape index (κ3) is 4.78. The van der Waals surface area contributed by atoms with Crippen LogP contribution in [-0.2, 0) is 9.84 Å². The molecule has 1 heterocycles. The lowest BCUT2D eigenvalue weighted by Crippen LogP contribution is -2.54. The fraction of sp³-hybridized carbons (Fsp3) is 1.00. The van der Waals surface area contributed by atoms with E-state index >= 15 is 0 Å². The van der Waals surface area contributed by atoms with E-state index in [1.165, 1.54) is 0 Å². The van der Waals surface area contributed by atoms with Crippen LogP contribution in [-0.4, -0.2) is 69.1 Å². The van der Waals surface area contributed by atoms with Crippen molar-refractivity contribution < 1.29 is 8.42 Å². The van der Waals surface area contributed by atoms with Crippen molar-refractivity contribution in [3.8, 4) is 0 Å². The third-order valence-electron chi connectivity index (χ3n) is 2.85. The van der Waals surface area contributed by atoms with Gasteiger partial charge in [0, 0.05) is 38.0 Å². The Labute approximate surface area is 98.7 Å². The molecular weight excluding hydrogens is 226 g/mol. The van der Waals surface area contributed by atoms with Crippen LogP contribution < -0.4 is 5.43 Å². The Balaban J connectivity index is 2.32. The molecule has 1 aliphatic heterocycles. The molecule has 0 saturated carbocycles. The minimum atomic E-state index is -2.88. The van der Waals surface area contributed by atoms with Gasteiger partial charge in [-0.1, -0.05) is 6.92 Å². The number of nitrogens with one attached hydrogen (secondary N) is 1. The molecule has 1 atom stereocenters. The minimum Gasteiger partial charge on any atom is -0.304 e. The summed E-state index contributed by atoms with van der Waals surface area (Å²) in [5.74, 6) is 0.442. The predicted octanol–water partition coefficient (Wildman–Crippen LogP) is -0.438. The number of piperazine rings is 1. The van der Waals surface area contributed by atoms with Crippen LogP contribution in [0.5, 0.6) is 0 Å². The van der Waals surface area contributed by atoms with Crippen molar-refractivity contribution >= 4 is 9.84 Å². The van der Waals surface area contributed by atoms with Crippen molar-refractivity contribution in [2.24, 2.45) is 0 Å². The van der Waals surface area contributed by atoms with Gasteiger partial charge >= 0.3 is 0 Å². The molecule has 1 N–H and O–H groups in total. The van der Waals surface area contributed by atoms with Crippen molar-refractivity contribution in [3.63, 3.8) is 0 Å². The SMILES string of the molecule is CCS(=O)(=O)CC(C)NN1CCN(C)CC1. The first-order chi connectivity index (χ1) is 7.43. The lowest BCUT2D eigenvalue weighted by Gasteiger charge is -2.34. The van der Waals surface area contributed by atoms with E-state index in [1.54, 1.807) is 6.92 Å². The summed E-state index contributed by atoms with van der Waals surface area (Å²) in [4.78, 5) is 2.27. The maximum Gasteiger partial charge on any atom is 0.151 e. The van der Waals surface area contributed by atoms with E-state index in [4.69, 9.17) is 0 Å². The van der Waals surface area contributed by atoms with E-state index in [1.807, 2.05) is 6.92 Å². The van der Waals surface area contributed by atoms with Crippen molar-refractivity contribution in [3.05, 3.63) is 0 Å². The largest absolute Gasteiger partial charge is 0.304 e. The van der Waals surface area contributed by atoms with Crippen LogP contribution in [0.15, 0.2) is 0 Å². The Kier molecular flexibility index (Phi) is 5.17. The van der Waals surface area contributed by atoms with Crippen LogP contribution in [0.4, 0.5) is 0 Å². The number of hydrogen-bond acceptors (Lipinski definition) is 5. The van der Waals surface area contributed by atoms with E-state index in [-0.39, 0.29) is 17.5 Å². The first-order valence-corrected chi connectivity index (χ1v) is 7.65. The van der Waals surface area contributed by atoms with Crippen LogP contribution in [0.25, 0.3) is 0 Å². The molecule has 5 nitrogen and oxygen atoms in total. The van der Waals surface area contributed by atoms with Crippen LogP contribution in [0.2, 0.25) is 0 Å². The second kappa shape index (κ2) is 5.95. The van der Waals surface area contributed by atoms with Crippen molar-refractivity contribution in [1.29, 1.82) is 0 Å². The zero-order chi connectivity index (χ0) is 12.2. The Morgan fingerprint density at radius 1 is 1.25 bits per heavy atom. The standard InChI is InChI=1S/C10H23N3O2S/c1-4-16(14,15)9-10(2)11-13-7-5-12(3)6-8-13/h10-11H,4-9H2,1-3H3. The van der Waals surface area contributed by atoms with Gasteiger partial charge in [0.05, 0.1) is 5.75 Å². The zero-order valence-electron chi connectivity index (χ0n) is 10.4. The summed E-state index contributed by atoms with van der Waals surface area (Å²) in [6.45, 7) is 7.57. The molecule has 1 aliphatic rings. The van der Waals surface area contributed by atoms with Crippen LogP contribution in [0, 0.1) is 0 Å². The topological polar surface area (TPSA) is 52.7 Å². The smallest absolute Gasteiger partial charge is 0.151 e. The summed E-state index contributed by atoms with van der Waals surface area (Å²) in [6.07, 6.45) is 0. The summed E-state index contributed by atoms with van der Waals surface area (Å²) < 4.78 is 22.9. The Hall–Kier alpha value is -0.170. The molecule has 0 radical (unpaired) electrons. The average Bonchev–Trinajstić information content (AvgIpc) is 2.21. The second-order valence-corrected chi connectivity index (χ2v) is 6.92. The number of rotatable bonds is 5. The van der Waals surface area contributed by atoms with Crippen LogP contribution in [0.3, 0.4) is 0 Å². The molecule has 0 spiro atoms. The molecule has 0 aromatic heterocycles. The van der Waals surface area contributed by atoms with E-state index in [9.17, 15) is 8.42 Å². The summed E-state index contributed by atoms with van der Waals surface area (Å²) in [7, 11) is -0.780. The normalized spacial score (nSPS) is 22.2. The Morgan fingerprint density at radius 3 is 2.31 bits per heavy atom. The van der Waals surface area contributed by atoms with Gasteiger partial charge in [-0.2, -0.15) is 0 Å². The molecule has 0 amide bonds. The molecule has 1 saturated heterocycles. The van der Waals surface area contributed by atoms with Crippen LogP contribution >= 0.6 is 0 Å². The van der Waals surface area contributed by atoms with Gasteiger partial charge in [0.2, 0.25) is 0 Å². The van der Waals surface area contributed by atoms with Gasteiger partial charge in [0.1, 0.15) is 0 Å². The number of hydrazine groups is 1. The molecule has 1 rings (SSSR count). The third-order valence-corrected chi connectivity index (χ3v) is 4.74. The summed E-state index contributed by atoms with van der Waals surface area (Å²) in [6, 6.07) is -0.00615. The van der Waals surface area contributed by atoms with E-state index in [0.29, 0.717) is 0 Å².